The molecule has 0 saturated heterocycles. The van der Waals surface area contributed by atoms with Gasteiger partial charge in [0.1, 0.15) is 10.9 Å². The Bertz CT molecular complexity index is 903. The SMILES string of the molecule is COc1ccccc1C(=O)C=Cc1cc2ccccc2nc1Cl. The van der Waals surface area contributed by atoms with E-state index < -0.39 is 0 Å². The third-order valence-corrected chi connectivity index (χ3v) is 3.79. The molecule has 4 heteroatoms. The maximum Gasteiger partial charge on any atom is 0.189 e. The van der Waals surface area contributed by atoms with E-state index in [0.29, 0.717) is 22.0 Å². The minimum atomic E-state index is -0.147. The fourth-order valence-electron chi connectivity index (χ4n) is 2.33. The van der Waals surface area contributed by atoms with Crippen molar-refractivity contribution in [3.05, 3.63) is 77.0 Å². The average Bonchev–Trinajstić information content (AvgIpc) is 2.59. The standard InChI is InChI=1S/C19H14ClNO2/c1-23-18-9-5-3-7-15(18)17(22)11-10-14-12-13-6-2-4-8-16(13)21-19(14)20/h2-12H,1H3. The second-order valence-electron chi connectivity index (χ2n) is 4.96. The summed E-state index contributed by atoms with van der Waals surface area (Å²) in [7, 11) is 1.54. The quantitative estimate of drug-likeness (QED) is 0.393. The molecular formula is C19H14ClNO2. The van der Waals surface area contributed by atoms with Gasteiger partial charge in [-0.2, -0.15) is 0 Å². The topological polar surface area (TPSA) is 39.2 Å². The number of ketones is 1. The zero-order chi connectivity index (χ0) is 16.2. The summed E-state index contributed by atoms with van der Waals surface area (Å²) in [6.07, 6.45) is 3.16. The summed E-state index contributed by atoms with van der Waals surface area (Å²) in [5.74, 6) is 0.400. The van der Waals surface area contributed by atoms with Crippen LogP contribution in [0.15, 0.2) is 60.7 Å². The molecule has 0 radical (unpaired) electrons. The summed E-state index contributed by atoms with van der Waals surface area (Å²) >= 11 is 6.19. The van der Waals surface area contributed by atoms with Crippen LogP contribution < -0.4 is 4.74 Å². The average molecular weight is 324 g/mol. The molecule has 0 aliphatic heterocycles. The second-order valence-corrected chi connectivity index (χ2v) is 5.32. The summed E-state index contributed by atoms with van der Waals surface area (Å²) in [6, 6.07) is 16.7. The summed E-state index contributed by atoms with van der Waals surface area (Å²) in [4.78, 5) is 16.7. The van der Waals surface area contributed by atoms with Crippen molar-refractivity contribution in [2.75, 3.05) is 7.11 Å². The van der Waals surface area contributed by atoms with Crippen LogP contribution in [0.2, 0.25) is 5.15 Å². The lowest BCUT2D eigenvalue weighted by atomic mass is 10.1. The highest BCUT2D eigenvalue weighted by atomic mass is 35.5. The van der Waals surface area contributed by atoms with Gasteiger partial charge in [0.05, 0.1) is 18.2 Å². The van der Waals surface area contributed by atoms with Crippen LogP contribution >= 0.6 is 11.6 Å². The number of aromatic nitrogens is 1. The predicted molar refractivity (Wildman–Crippen MR) is 93.1 cm³/mol. The van der Waals surface area contributed by atoms with Gasteiger partial charge in [0.25, 0.3) is 0 Å². The van der Waals surface area contributed by atoms with Crippen molar-refractivity contribution >= 4 is 34.4 Å². The Morgan fingerprint density at radius 3 is 2.70 bits per heavy atom. The van der Waals surface area contributed by atoms with Crippen molar-refractivity contribution in [3.63, 3.8) is 0 Å². The number of methoxy groups -OCH3 is 1. The fraction of sp³-hybridized carbons (Fsp3) is 0.0526. The molecule has 0 unspecified atom stereocenters. The number of allylic oxidation sites excluding steroid dienone is 1. The highest BCUT2D eigenvalue weighted by Gasteiger charge is 2.09. The molecule has 3 rings (SSSR count). The van der Waals surface area contributed by atoms with E-state index in [4.69, 9.17) is 16.3 Å². The summed E-state index contributed by atoms with van der Waals surface area (Å²) in [6.45, 7) is 0. The van der Waals surface area contributed by atoms with Crippen molar-refractivity contribution in [2.24, 2.45) is 0 Å². The largest absolute Gasteiger partial charge is 0.496 e. The van der Waals surface area contributed by atoms with Gasteiger partial charge in [0.15, 0.2) is 5.78 Å². The Hall–Kier alpha value is -2.65. The molecule has 0 aliphatic carbocycles. The van der Waals surface area contributed by atoms with Gasteiger partial charge in [-0.05, 0) is 36.4 Å². The molecule has 114 valence electrons. The number of nitrogens with zero attached hydrogens (tertiary/aromatic N) is 1. The summed E-state index contributed by atoms with van der Waals surface area (Å²) in [5.41, 5.74) is 2.04. The van der Waals surface area contributed by atoms with Crippen molar-refractivity contribution in [3.8, 4) is 5.75 Å². The number of para-hydroxylation sites is 2. The molecule has 0 aliphatic rings. The van der Waals surface area contributed by atoms with Gasteiger partial charge < -0.3 is 4.74 Å². The van der Waals surface area contributed by atoms with Gasteiger partial charge in [0, 0.05) is 10.9 Å². The van der Waals surface area contributed by atoms with Gasteiger partial charge in [-0.25, -0.2) is 4.98 Å². The number of carbonyl (C=O) groups is 1. The summed E-state index contributed by atoms with van der Waals surface area (Å²) < 4.78 is 5.21. The van der Waals surface area contributed by atoms with E-state index in [1.807, 2.05) is 36.4 Å². The number of fused-ring (bicyclic) bond motifs is 1. The molecule has 0 fully saturated rings. The molecule has 1 aromatic heterocycles. The van der Waals surface area contributed by atoms with Crippen LogP contribution in [-0.4, -0.2) is 17.9 Å². The lowest BCUT2D eigenvalue weighted by Crippen LogP contribution is -1.98. The Morgan fingerprint density at radius 2 is 1.87 bits per heavy atom. The molecular weight excluding hydrogens is 310 g/mol. The number of hydrogen-bond donors (Lipinski definition) is 0. The van der Waals surface area contributed by atoms with Gasteiger partial charge >= 0.3 is 0 Å². The molecule has 0 spiro atoms. The Balaban J connectivity index is 1.93. The first-order valence-electron chi connectivity index (χ1n) is 7.10. The number of carbonyl (C=O) groups excluding carboxylic acids is 1. The minimum absolute atomic E-state index is 0.147. The van der Waals surface area contributed by atoms with Crippen LogP contribution in [0.3, 0.4) is 0 Å². The summed E-state index contributed by atoms with van der Waals surface area (Å²) in [5, 5.41) is 1.34. The van der Waals surface area contributed by atoms with Gasteiger partial charge in [-0.15, -0.1) is 0 Å². The third-order valence-electron chi connectivity index (χ3n) is 3.49. The Kier molecular flexibility index (Phi) is 4.40. The van der Waals surface area contributed by atoms with Crippen LogP contribution in [0, 0.1) is 0 Å². The number of pyridine rings is 1. The lowest BCUT2D eigenvalue weighted by Gasteiger charge is -2.05. The zero-order valence-electron chi connectivity index (χ0n) is 12.5. The highest BCUT2D eigenvalue weighted by molar-refractivity contribution is 6.31. The smallest absolute Gasteiger partial charge is 0.189 e. The van der Waals surface area contributed by atoms with Crippen molar-refractivity contribution in [1.29, 1.82) is 0 Å². The van der Waals surface area contributed by atoms with E-state index in [2.05, 4.69) is 4.98 Å². The van der Waals surface area contributed by atoms with Crippen molar-refractivity contribution in [2.45, 2.75) is 0 Å². The van der Waals surface area contributed by atoms with Gasteiger partial charge in [0.2, 0.25) is 0 Å². The highest BCUT2D eigenvalue weighted by Crippen LogP contribution is 2.23. The van der Waals surface area contributed by atoms with E-state index in [9.17, 15) is 4.79 Å². The van der Waals surface area contributed by atoms with E-state index in [-0.39, 0.29) is 5.78 Å². The molecule has 2 aromatic carbocycles. The monoisotopic (exact) mass is 323 g/mol. The zero-order valence-corrected chi connectivity index (χ0v) is 13.2. The molecule has 0 amide bonds. The molecule has 0 atom stereocenters. The predicted octanol–water partition coefficient (Wildman–Crippen LogP) is 4.79. The molecule has 0 N–H and O–H groups in total. The maximum absolute atomic E-state index is 12.3. The molecule has 3 nitrogen and oxygen atoms in total. The minimum Gasteiger partial charge on any atom is -0.496 e. The first-order valence-corrected chi connectivity index (χ1v) is 7.47. The van der Waals surface area contributed by atoms with Crippen LogP contribution in [0.25, 0.3) is 17.0 Å². The number of benzene rings is 2. The lowest BCUT2D eigenvalue weighted by molar-refractivity contribution is 0.104. The molecule has 3 aromatic rings. The van der Waals surface area contributed by atoms with Crippen LogP contribution in [0.5, 0.6) is 5.75 Å². The number of hydrogen-bond acceptors (Lipinski definition) is 3. The van der Waals surface area contributed by atoms with Crippen LogP contribution in [-0.2, 0) is 0 Å². The number of rotatable bonds is 4. The fourth-order valence-corrected chi connectivity index (χ4v) is 2.54. The van der Waals surface area contributed by atoms with E-state index in [1.54, 1.807) is 31.4 Å². The molecule has 0 bridgehead atoms. The maximum atomic E-state index is 12.3. The molecule has 1 heterocycles. The third kappa shape index (κ3) is 3.25. The van der Waals surface area contributed by atoms with E-state index >= 15 is 0 Å². The second kappa shape index (κ2) is 6.63. The first-order chi connectivity index (χ1) is 11.2. The van der Waals surface area contributed by atoms with E-state index in [1.165, 1.54) is 6.08 Å². The Morgan fingerprint density at radius 1 is 1.13 bits per heavy atom. The van der Waals surface area contributed by atoms with Crippen LogP contribution in [0.1, 0.15) is 15.9 Å². The first kappa shape index (κ1) is 15.3. The van der Waals surface area contributed by atoms with Crippen molar-refractivity contribution < 1.29 is 9.53 Å². The van der Waals surface area contributed by atoms with E-state index in [0.717, 1.165) is 10.9 Å². The number of ether oxygens (including phenoxy) is 1. The normalized spacial score (nSPS) is 11.0. The van der Waals surface area contributed by atoms with Crippen LogP contribution in [0.4, 0.5) is 0 Å². The van der Waals surface area contributed by atoms with Gasteiger partial charge in [-0.1, -0.05) is 41.9 Å². The number of halogens is 1. The molecule has 23 heavy (non-hydrogen) atoms. The molecule has 0 saturated carbocycles. The Labute approximate surface area is 139 Å². The van der Waals surface area contributed by atoms with Gasteiger partial charge in [-0.3, -0.25) is 4.79 Å². The van der Waals surface area contributed by atoms with Crippen molar-refractivity contribution in [1.82, 2.24) is 4.98 Å².